The van der Waals surface area contributed by atoms with E-state index in [1.54, 1.807) is 19.4 Å². The molecule has 1 N–H and O–H groups in total. The molecule has 0 atom stereocenters. The maximum atomic E-state index is 12.8. The standard InChI is InChI=1S/C21H16ClN3O4/c1-28-15-6-7-18-16(10-15)17(19(26)20(27)24-21-23-8-9-29-21)12-25(18)11-13-2-4-14(22)5-3-13/h2-10,12H,11H2,1H3,(H,23,24,27). The smallest absolute Gasteiger partial charge is 0.301 e. The maximum absolute atomic E-state index is 12.8. The molecule has 7 nitrogen and oxygen atoms in total. The van der Waals surface area contributed by atoms with Crippen LogP contribution in [0.4, 0.5) is 6.01 Å². The summed E-state index contributed by atoms with van der Waals surface area (Å²) in [6, 6.07) is 12.8. The molecule has 0 aliphatic heterocycles. The van der Waals surface area contributed by atoms with Gasteiger partial charge in [-0.2, -0.15) is 0 Å². The summed E-state index contributed by atoms with van der Waals surface area (Å²) >= 11 is 5.96. The van der Waals surface area contributed by atoms with Gasteiger partial charge < -0.3 is 13.7 Å². The summed E-state index contributed by atoms with van der Waals surface area (Å²) in [5, 5.41) is 3.62. The van der Waals surface area contributed by atoms with Crippen LogP contribution in [0.3, 0.4) is 0 Å². The van der Waals surface area contributed by atoms with Crippen LogP contribution in [-0.4, -0.2) is 28.4 Å². The topological polar surface area (TPSA) is 86.4 Å². The predicted molar refractivity (Wildman–Crippen MR) is 109 cm³/mol. The van der Waals surface area contributed by atoms with Crippen LogP contribution in [0.15, 0.2) is 65.5 Å². The zero-order chi connectivity index (χ0) is 20.4. The molecule has 0 radical (unpaired) electrons. The van der Waals surface area contributed by atoms with Crippen LogP contribution >= 0.6 is 11.6 Å². The number of hydrogen-bond donors (Lipinski definition) is 1. The fourth-order valence-corrected chi connectivity index (χ4v) is 3.19. The third-order valence-corrected chi connectivity index (χ3v) is 4.71. The summed E-state index contributed by atoms with van der Waals surface area (Å²) in [4.78, 5) is 29.0. The van der Waals surface area contributed by atoms with E-state index in [1.165, 1.54) is 12.5 Å². The number of hydrogen-bond acceptors (Lipinski definition) is 5. The van der Waals surface area contributed by atoms with Crippen LogP contribution in [0, 0.1) is 0 Å². The van der Waals surface area contributed by atoms with E-state index in [0.29, 0.717) is 22.7 Å². The summed E-state index contributed by atoms with van der Waals surface area (Å²) in [6.07, 6.45) is 4.35. The zero-order valence-electron chi connectivity index (χ0n) is 15.4. The van der Waals surface area contributed by atoms with Crippen LogP contribution < -0.4 is 10.1 Å². The molecule has 0 aliphatic carbocycles. The van der Waals surface area contributed by atoms with Gasteiger partial charge in [0.25, 0.3) is 11.7 Å². The van der Waals surface area contributed by atoms with Crippen LogP contribution in [0.5, 0.6) is 5.75 Å². The molecule has 1 amide bonds. The van der Waals surface area contributed by atoms with Gasteiger partial charge in [0.2, 0.25) is 0 Å². The van der Waals surface area contributed by atoms with Crippen molar-refractivity contribution in [1.82, 2.24) is 9.55 Å². The van der Waals surface area contributed by atoms with Crippen molar-refractivity contribution in [2.24, 2.45) is 0 Å². The Morgan fingerprint density at radius 1 is 1.21 bits per heavy atom. The molecule has 4 aromatic rings. The zero-order valence-corrected chi connectivity index (χ0v) is 16.1. The number of amides is 1. The van der Waals surface area contributed by atoms with Gasteiger partial charge in [-0.05, 0) is 35.9 Å². The first-order valence-corrected chi connectivity index (χ1v) is 9.09. The largest absolute Gasteiger partial charge is 0.497 e. The number of nitrogens with zero attached hydrogens (tertiary/aromatic N) is 2. The number of ketones is 1. The molecule has 2 aromatic carbocycles. The molecule has 2 aromatic heterocycles. The Kier molecular flexibility index (Phi) is 5.05. The lowest BCUT2D eigenvalue weighted by Gasteiger charge is -2.06. The number of nitrogens with one attached hydrogen (secondary N) is 1. The first-order chi connectivity index (χ1) is 14.0. The molecule has 0 spiro atoms. The Bertz CT molecular complexity index is 1180. The first kappa shape index (κ1) is 18.8. The van der Waals surface area contributed by atoms with Gasteiger partial charge in [-0.1, -0.05) is 23.7 Å². The third-order valence-electron chi connectivity index (χ3n) is 4.46. The summed E-state index contributed by atoms with van der Waals surface area (Å²) in [5.74, 6) is -0.943. The quantitative estimate of drug-likeness (QED) is 0.381. The average Bonchev–Trinajstić information content (AvgIpc) is 3.36. The number of methoxy groups -OCH3 is 1. The van der Waals surface area contributed by atoms with E-state index in [2.05, 4.69) is 10.3 Å². The monoisotopic (exact) mass is 409 g/mol. The Labute approximate surface area is 170 Å². The van der Waals surface area contributed by atoms with Crippen molar-refractivity contribution >= 4 is 40.2 Å². The first-order valence-electron chi connectivity index (χ1n) is 8.71. The molecular weight excluding hydrogens is 394 g/mol. The second-order valence-corrected chi connectivity index (χ2v) is 6.74. The Balaban J connectivity index is 1.73. The van der Waals surface area contributed by atoms with Crippen LogP contribution in [0.25, 0.3) is 10.9 Å². The normalized spacial score (nSPS) is 10.8. The van der Waals surface area contributed by atoms with Crippen molar-refractivity contribution in [3.63, 3.8) is 0 Å². The molecule has 0 bridgehead atoms. The molecule has 4 rings (SSSR count). The molecule has 146 valence electrons. The van der Waals surface area contributed by atoms with E-state index in [4.69, 9.17) is 20.8 Å². The molecule has 0 saturated heterocycles. The van der Waals surface area contributed by atoms with Gasteiger partial charge in [0, 0.05) is 28.7 Å². The van der Waals surface area contributed by atoms with Gasteiger partial charge in [-0.3, -0.25) is 14.9 Å². The van der Waals surface area contributed by atoms with Gasteiger partial charge in [-0.15, -0.1) is 0 Å². The van der Waals surface area contributed by atoms with Crippen molar-refractivity contribution < 1.29 is 18.7 Å². The number of Topliss-reactive ketones (excluding diaryl/α,β-unsaturated/α-hetero) is 1. The summed E-state index contributed by atoms with van der Waals surface area (Å²) < 4.78 is 12.2. The van der Waals surface area contributed by atoms with E-state index >= 15 is 0 Å². The average molecular weight is 410 g/mol. The van der Waals surface area contributed by atoms with Gasteiger partial charge >= 0.3 is 6.01 Å². The number of aromatic nitrogens is 2. The molecule has 0 aliphatic rings. The highest BCUT2D eigenvalue weighted by atomic mass is 35.5. The molecule has 0 saturated carbocycles. The van der Waals surface area contributed by atoms with Gasteiger partial charge in [0.05, 0.1) is 18.9 Å². The highest BCUT2D eigenvalue weighted by Crippen LogP contribution is 2.27. The van der Waals surface area contributed by atoms with Gasteiger partial charge in [0.15, 0.2) is 0 Å². The van der Waals surface area contributed by atoms with Crippen molar-refractivity contribution in [3.05, 3.63) is 77.3 Å². The van der Waals surface area contributed by atoms with E-state index in [0.717, 1.165) is 11.1 Å². The van der Waals surface area contributed by atoms with Gasteiger partial charge in [0.1, 0.15) is 12.0 Å². The number of rotatable bonds is 6. The Morgan fingerprint density at radius 3 is 2.69 bits per heavy atom. The number of benzene rings is 2. The Morgan fingerprint density at radius 2 is 2.00 bits per heavy atom. The fraction of sp³-hybridized carbons (Fsp3) is 0.0952. The van der Waals surface area contributed by atoms with Crippen molar-refractivity contribution in [2.75, 3.05) is 12.4 Å². The molecule has 0 fully saturated rings. The van der Waals surface area contributed by atoms with Gasteiger partial charge in [-0.25, -0.2) is 4.98 Å². The fourth-order valence-electron chi connectivity index (χ4n) is 3.06. The number of carbonyl (C=O) groups excluding carboxylic acids is 2. The molecule has 2 heterocycles. The minimum Gasteiger partial charge on any atom is -0.497 e. The third kappa shape index (κ3) is 3.86. The summed E-state index contributed by atoms with van der Waals surface area (Å²) in [5.41, 5.74) is 2.07. The Hall–Kier alpha value is -3.58. The van der Waals surface area contributed by atoms with Crippen LogP contribution in [0.2, 0.25) is 5.02 Å². The lowest BCUT2D eigenvalue weighted by Crippen LogP contribution is -2.22. The van der Waals surface area contributed by atoms with Crippen molar-refractivity contribution in [1.29, 1.82) is 0 Å². The number of carbonyl (C=O) groups is 2. The number of halogens is 1. The van der Waals surface area contributed by atoms with E-state index in [9.17, 15) is 9.59 Å². The lowest BCUT2D eigenvalue weighted by atomic mass is 10.1. The minimum absolute atomic E-state index is 0.0363. The molecule has 29 heavy (non-hydrogen) atoms. The molecule has 0 unspecified atom stereocenters. The van der Waals surface area contributed by atoms with E-state index in [1.807, 2.05) is 41.0 Å². The minimum atomic E-state index is -0.833. The second kappa shape index (κ2) is 7.81. The van der Waals surface area contributed by atoms with E-state index in [-0.39, 0.29) is 11.6 Å². The van der Waals surface area contributed by atoms with Crippen molar-refractivity contribution in [3.8, 4) is 5.75 Å². The molecule has 8 heteroatoms. The summed E-state index contributed by atoms with van der Waals surface area (Å²) in [6.45, 7) is 0.509. The number of fused-ring (bicyclic) bond motifs is 1. The molecular formula is C21H16ClN3O4. The SMILES string of the molecule is COc1ccc2c(c1)c(C(=O)C(=O)Nc1ncco1)cn2Cc1ccc(Cl)cc1. The van der Waals surface area contributed by atoms with Crippen LogP contribution in [0.1, 0.15) is 15.9 Å². The second-order valence-electron chi connectivity index (χ2n) is 6.30. The highest BCUT2D eigenvalue weighted by Gasteiger charge is 2.23. The van der Waals surface area contributed by atoms with Crippen LogP contribution in [-0.2, 0) is 11.3 Å². The maximum Gasteiger partial charge on any atom is 0.301 e. The predicted octanol–water partition coefficient (Wildman–Crippen LogP) is 4.16. The lowest BCUT2D eigenvalue weighted by molar-refractivity contribution is -0.112. The number of anilines is 1. The van der Waals surface area contributed by atoms with E-state index < -0.39 is 11.7 Å². The summed E-state index contributed by atoms with van der Waals surface area (Å²) in [7, 11) is 1.54. The highest BCUT2D eigenvalue weighted by molar-refractivity contribution is 6.48. The van der Waals surface area contributed by atoms with Crippen molar-refractivity contribution in [2.45, 2.75) is 6.54 Å². The number of ether oxygens (including phenoxy) is 1. The number of oxazole rings is 1.